The van der Waals surface area contributed by atoms with Crippen LogP contribution in [0.25, 0.3) is 11.1 Å². The molecule has 3 nitrogen and oxygen atoms in total. The molecule has 1 aliphatic rings. The summed E-state index contributed by atoms with van der Waals surface area (Å²) < 4.78 is 43.2. The van der Waals surface area contributed by atoms with Crippen molar-refractivity contribution < 1.29 is 17.6 Å². The number of hydrogen-bond acceptors (Lipinski definition) is 3. The third kappa shape index (κ3) is 1.96. The first-order chi connectivity index (χ1) is 8.54. The second-order valence-electron chi connectivity index (χ2n) is 4.42. The normalized spacial score (nSPS) is 20.7. The molecule has 1 aromatic carbocycles. The zero-order chi connectivity index (χ0) is 12.8. The predicted molar refractivity (Wildman–Crippen MR) is 59.2 cm³/mol. The van der Waals surface area contributed by atoms with E-state index < -0.39 is 11.7 Å². The number of fused-ring (bicyclic) bond motifs is 1. The number of hydrogen-bond donors (Lipinski definition) is 1. The van der Waals surface area contributed by atoms with E-state index in [0.29, 0.717) is 11.5 Å². The lowest BCUT2D eigenvalue weighted by Crippen LogP contribution is -2.08. The van der Waals surface area contributed by atoms with Crippen LogP contribution in [0.2, 0.25) is 0 Å². The number of nitrogens with one attached hydrogen (secondary N) is 1. The van der Waals surface area contributed by atoms with Gasteiger partial charge >= 0.3 is 6.18 Å². The van der Waals surface area contributed by atoms with Gasteiger partial charge in [0.2, 0.25) is 0 Å². The molecule has 96 valence electrons. The summed E-state index contributed by atoms with van der Waals surface area (Å²) in [7, 11) is 0. The van der Waals surface area contributed by atoms with Crippen LogP contribution in [0.15, 0.2) is 22.6 Å². The van der Waals surface area contributed by atoms with Gasteiger partial charge < -0.3 is 9.73 Å². The van der Waals surface area contributed by atoms with Crippen LogP contribution in [0.4, 0.5) is 13.2 Å². The molecule has 2 heterocycles. The van der Waals surface area contributed by atoms with Gasteiger partial charge in [0.25, 0.3) is 0 Å². The average molecular weight is 256 g/mol. The molecule has 6 heteroatoms. The Morgan fingerprint density at radius 3 is 2.83 bits per heavy atom. The molecular weight excluding hydrogens is 245 g/mol. The van der Waals surface area contributed by atoms with Gasteiger partial charge in [-0.15, -0.1) is 0 Å². The molecule has 1 aromatic heterocycles. The van der Waals surface area contributed by atoms with Crippen molar-refractivity contribution in [1.29, 1.82) is 0 Å². The number of rotatable bonds is 1. The van der Waals surface area contributed by atoms with E-state index in [1.807, 2.05) is 0 Å². The molecule has 3 rings (SSSR count). The number of halogens is 3. The Balaban J connectivity index is 2.01. The first kappa shape index (κ1) is 11.5. The van der Waals surface area contributed by atoms with E-state index in [-0.39, 0.29) is 11.4 Å². The highest BCUT2D eigenvalue weighted by molar-refractivity contribution is 5.73. The van der Waals surface area contributed by atoms with Crippen molar-refractivity contribution in [2.45, 2.75) is 18.5 Å². The van der Waals surface area contributed by atoms with E-state index in [0.717, 1.165) is 31.6 Å². The maximum atomic E-state index is 12.6. The Labute approximate surface area is 101 Å². The minimum Gasteiger partial charge on any atom is -0.440 e. The lowest BCUT2D eigenvalue weighted by molar-refractivity contribution is -0.137. The summed E-state index contributed by atoms with van der Waals surface area (Å²) in [6.45, 7) is 1.65. The van der Waals surface area contributed by atoms with E-state index in [4.69, 9.17) is 4.42 Å². The van der Waals surface area contributed by atoms with Crippen LogP contribution in [0.5, 0.6) is 0 Å². The Bertz CT molecular complexity index is 570. The zero-order valence-corrected chi connectivity index (χ0v) is 9.42. The van der Waals surface area contributed by atoms with E-state index in [9.17, 15) is 13.2 Å². The molecule has 1 saturated heterocycles. The fourth-order valence-corrected chi connectivity index (χ4v) is 2.16. The van der Waals surface area contributed by atoms with Gasteiger partial charge in [-0.25, -0.2) is 4.98 Å². The molecule has 1 fully saturated rings. The van der Waals surface area contributed by atoms with Crippen LogP contribution >= 0.6 is 0 Å². The summed E-state index contributed by atoms with van der Waals surface area (Å²) in [5.41, 5.74) is -0.0176. The third-order valence-electron chi connectivity index (χ3n) is 3.14. The maximum absolute atomic E-state index is 12.6. The topological polar surface area (TPSA) is 38.1 Å². The lowest BCUT2D eigenvalue weighted by atomic mass is 10.1. The van der Waals surface area contributed by atoms with E-state index in [1.165, 1.54) is 6.07 Å². The standard InChI is InChI=1S/C12H11F3N2O/c13-12(14,15)8-1-2-10-9(5-8)17-11(18-10)7-3-4-16-6-7/h1-2,5,7,16H,3-4,6H2. The number of benzene rings is 1. The maximum Gasteiger partial charge on any atom is 0.416 e. The highest BCUT2D eigenvalue weighted by atomic mass is 19.4. The summed E-state index contributed by atoms with van der Waals surface area (Å²) in [5, 5.41) is 3.17. The molecule has 1 unspecified atom stereocenters. The molecule has 0 spiro atoms. The van der Waals surface area contributed by atoms with Gasteiger partial charge in [0.15, 0.2) is 11.5 Å². The second kappa shape index (κ2) is 3.98. The van der Waals surface area contributed by atoms with Crippen LogP contribution in [0.1, 0.15) is 23.8 Å². The molecule has 0 radical (unpaired) electrons. The third-order valence-corrected chi connectivity index (χ3v) is 3.14. The van der Waals surface area contributed by atoms with Crippen molar-refractivity contribution in [2.24, 2.45) is 0 Å². The highest BCUT2D eigenvalue weighted by Crippen LogP contribution is 2.32. The van der Waals surface area contributed by atoms with E-state index >= 15 is 0 Å². The van der Waals surface area contributed by atoms with Gasteiger partial charge in [0.1, 0.15) is 5.52 Å². The molecule has 1 atom stereocenters. The number of nitrogens with zero attached hydrogens (tertiary/aromatic N) is 1. The van der Waals surface area contributed by atoms with Gasteiger partial charge in [0, 0.05) is 12.5 Å². The van der Waals surface area contributed by atoms with Gasteiger partial charge in [-0.1, -0.05) is 0 Å². The largest absolute Gasteiger partial charge is 0.440 e. The molecule has 0 bridgehead atoms. The Morgan fingerprint density at radius 2 is 2.17 bits per heavy atom. The smallest absolute Gasteiger partial charge is 0.416 e. The molecule has 18 heavy (non-hydrogen) atoms. The number of alkyl halides is 3. The number of oxazole rings is 1. The molecule has 1 aliphatic heterocycles. The Morgan fingerprint density at radius 1 is 1.33 bits per heavy atom. The van der Waals surface area contributed by atoms with Gasteiger partial charge in [-0.3, -0.25) is 0 Å². The summed E-state index contributed by atoms with van der Waals surface area (Å²) >= 11 is 0. The average Bonchev–Trinajstić information content (AvgIpc) is 2.95. The van der Waals surface area contributed by atoms with Crippen molar-refractivity contribution >= 4 is 11.1 Å². The molecule has 1 N–H and O–H groups in total. The first-order valence-corrected chi connectivity index (χ1v) is 5.72. The molecule has 0 saturated carbocycles. The quantitative estimate of drug-likeness (QED) is 0.852. The fraction of sp³-hybridized carbons (Fsp3) is 0.417. The van der Waals surface area contributed by atoms with Crippen LogP contribution in [0.3, 0.4) is 0 Å². The summed E-state index contributed by atoms with van der Waals surface area (Å²) in [6, 6.07) is 3.38. The molecule has 0 amide bonds. The first-order valence-electron chi connectivity index (χ1n) is 5.72. The van der Waals surface area contributed by atoms with E-state index in [1.54, 1.807) is 0 Å². The molecule has 2 aromatic rings. The zero-order valence-electron chi connectivity index (χ0n) is 9.42. The van der Waals surface area contributed by atoms with Crippen LogP contribution in [0, 0.1) is 0 Å². The van der Waals surface area contributed by atoms with Crippen LogP contribution < -0.4 is 5.32 Å². The van der Waals surface area contributed by atoms with Gasteiger partial charge in [-0.2, -0.15) is 13.2 Å². The summed E-state index contributed by atoms with van der Waals surface area (Å²) in [4.78, 5) is 4.16. The fourth-order valence-electron chi connectivity index (χ4n) is 2.16. The Kier molecular flexibility index (Phi) is 2.55. The SMILES string of the molecule is FC(F)(F)c1ccc2oc(C3CCNC3)nc2c1. The Hall–Kier alpha value is -1.56. The van der Waals surface area contributed by atoms with Gasteiger partial charge in [0.05, 0.1) is 5.56 Å². The van der Waals surface area contributed by atoms with E-state index in [2.05, 4.69) is 10.3 Å². The number of aromatic nitrogens is 1. The minimum absolute atomic E-state index is 0.159. The lowest BCUT2D eigenvalue weighted by Gasteiger charge is -2.04. The van der Waals surface area contributed by atoms with Crippen molar-refractivity contribution in [1.82, 2.24) is 10.3 Å². The minimum atomic E-state index is -4.35. The van der Waals surface area contributed by atoms with Crippen LogP contribution in [-0.2, 0) is 6.18 Å². The van der Waals surface area contributed by atoms with Crippen molar-refractivity contribution in [3.63, 3.8) is 0 Å². The van der Waals surface area contributed by atoms with Crippen molar-refractivity contribution in [3.8, 4) is 0 Å². The van der Waals surface area contributed by atoms with Gasteiger partial charge in [-0.05, 0) is 31.2 Å². The predicted octanol–water partition coefficient (Wildman–Crippen LogP) is 2.92. The summed E-state index contributed by atoms with van der Waals surface area (Å²) in [6.07, 6.45) is -3.44. The van der Waals surface area contributed by atoms with Crippen molar-refractivity contribution in [3.05, 3.63) is 29.7 Å². The summed E-state index contributed by atoms with van der Waals surface area (Å²) in [5.74, 6) is 0.682. The monoisotopic (exact) mass is 256 g/mol. The van der Waals surface area contributed by atoms with Crippen molar-refractivity contribution in [2.75, 3.05) is 13.1 Å². The molecule has 0 aliphatic carbocycles. The highest BCUT2D eigenvalue weighted by Gasteiger charge is 2.31. The van der Waals surface area contributed by atoms with Crippen LogP contribution in [-0.4, -0.2) is 18.1 Å². The second-order valence-corrected chi connectivity index (χ2v) is 4.42. The molecular formula is C12H11F3N2O.